The normalized spacial score (nSPS) is 10.8. The first-order valence-electron chi connectivity index (χ1n) is 8.62. The highest BCUT2D eigenvalue weighted by Gasteiger charge is 2.17. The molecule has 2 heterocycles. The first kappa shape index (κ1) is 17.6. The summed E-state index contributed by atoms with van der Waals surface area (Å²) in [6, 6.07) is 14.0. The Morgan fingerprint density at radius 2 is 1.93 bits per heavy atom. The third-order valence-corrected chi connectivity index (χ3v) is 4.02. The number of nitrogens with one attached hydrogen (secondary N) is 1. The molecule has 0 spiro atoms. The first-order valence-corrected chi connectivity index (χ1v) is 8.62. The topological polar surface area (TPSA) is 99.6 Å². The van der Waals surface area contributed by atoms with Crippen LogP contribution in [0, 0.1) is 0 Å². The van der Waals surface area contributed by atoms with Crippen LogP contribution in [0.2, 0.25) is 0 Å². The van der Waals surface area contributed by atoms with Gasteiger partial charge >= 0.3 is 6.01 Å². The molecule has 0 saturated heterocycles. The third kappa shape index (κ3) is 3.39. The average Bonchev–Trinajstić information content (AvgIpc) is 3.35. The van der Waals surface area contributed by atoms with Gasteiger partial charge in [-0.1, -0.05) is 17.2 Å². The van der Waals surface area contributed by atoms with Crippen molar-refractivity contribution in [3.63, 3.8) is 0 Å². The number of hydrogen-bond acceptors (Lipinski definition) is 7. The van der Waals surface area contributed by atoms with Gasteiger partial charge in [-0.15, -0.1) is 5.10 Å². The third-order valence-electron chi connectivity index (χ3n) is 4.02. The van der Waals surface area contributed by atoms with Crippen LogP contribution < -0.4 is 14.8 Å². The van der Waals surface area contributed by atoms with Crippen molar-refractivity contribution >= 4 is 22.9 Å². The summed E-state index contributed by atoms with van der Waals surface area (Å²) in [5.74, 6) is 1.47. The van der Waals surface area contributed by atoms with Crippen LogP contribution in [0.4, 0.5) is 6.01 Å². The fourth-order valence-corrected chi connectivity index (χ4v) is 2.70. The molecule has 28 heavy (non-hydrogen) atoms. The smallest absolute Gasteiger partial charge is 0.322 e. The van der Waals surface area contributed by atoms with E-state index in [0.29, 0.717) is 35.0 Å². The van der Waals surface area contributed by atoms with Gasteiger partial charge in [0, 0.05) is 10.9 Å². The zero-order chi connectivity index (χ0) is 19.5. The molecular formula is C20H17N3O5. The SMILES string of the molecule is CCOc1cccc2cc(-c3nnc(NC(=O)c4ccc(OC)cc4)o3)oc12. The number of hydrogen-bond donors (Lipinski definition) is 1. The molecule has 0 atom stereocenters. The molecule has 0 aliphatic rings. The Labute approximate surface area is 160 Å². The van der Waals surface area contributed by atoms with Gasteiger partial charge in [0.05, 0.1) is 13.7 Å². The quantitative estimate of drug-likeness (QED) is 0.537. The van der Waals surface area contributed by atoms with E-state index in [0.717, 1.165) is 5.39 Å². The van der Waals surface area contributed by atoms with E-state index in [-0.39, 0.29) is 17.8 Å². The van der Waals surface area contributed by atoms with E-state index in [1.54, 1.807) is 37.4 Å². The molecular weight excluding hydrogens is 362 g/mol. The molecule has 0 unspecified atom stereocenters. The monoisotopic (exact) mass is 379 g/mol. The molecule has 2 aromatic heterocycles. The Kier molecular flexibility index (Phi) is 4.67. The molecule has 4 aromatic rings. The second-order valence-corrected chi connectivity index (χ2v) is 5.81. The van der Waals surface area contributed by atoms with Gasteiger partial charge in [-0.3, -0.25) is 10.1 Å². The number of rotatable bonds is 6. The lowest BCUT2D eigenvalue weighted by atomic mass is 10.2. The Bertz CT molecular complexity index is 1110. The zero-order valence-corrected chi connectivity index (χ0v) is 15.3. The highest BCUT2D eigenvalue weighted by atomic mass is 16.5. The number of fused-ring (bicyclic) bond motifs is 1. The Balaban J connectivity index is 1.54. The van der Waals surface area contributed by atoms with Crippen molar-refractivity contribution in [1.29, 1.82) is 0 Å². The first-order chi connectivity index (χ1) is 13.7. The number of methoxy groups -OCH3 is 1. The van der Waals surface area contributed by atoms with Crippen molar-refractivity contribution in [3.05, 3.63) is 54.1 Å². The van der Waals surface area contributed by atoms with Crippen molar-refractivity contribution in [2.75, 3.05) is 19.0 Å². The van der Waals surface area contributed by atoms with Crippen LogP contribution in [-0.2, 0) is 0 Å². The lowest BCUT2D eigenvalue weighted by molar-refractivity contribution is 0.102. The van der Waals surface area contributed by atoms with Gasteiger partial charge in [0.15, 0.2) is 17.1 Å². The number of furan rings is 1. The van der Waals surface area contributed by atoms with Gasteiger partial charge in [0.25, 0.3) is 11.8 Å². The van der Waals surface area contributed by atoms with E-state index in [4.69, 9.17) is 18.3 Å². The van der Waals surface area contributed by atoms with Crippen molar-refractivity contribution < 1.29 is 23.1 Å². The van der Waals surface area contributed by atoms with Crippen molar-refractivity contribution in [2.24, 2.45) is 0 Å². The number of benzene rings is 2. The molecule has 0 fully saturated rings. The molecule has 142 valence electrons. The van der Waals surface area contributed by atoms with Gasteiger partial charge in [0.1, 0.15) is 5.75 Å². The van der Waals surface area contributed by atoms with E-state index in [2.05, 4.69) is 15.5 Å². The summed E-state index contributed by atoms with van der Waals surface area (Å²) < 4.78 is 22.0. The molecule has 0 aliphatic heterocycles. The molecule has 0 saturated carbocycles. The lowest BCUT2D eigenvalue weighted by Crippen LogP contribution is -2.11. The van der Waals surface area contributed by atoms with Crippen LogP contribution in [0.5, 0.6) is 11.5 Å². The molecule has 8 heteroatoms. The maximum Gasteiger partial charge on any atom is 0.322 e. The standard InChI is InChI=1S/C20H17N3O5/c1-3-26-15-6-4-5-13-11-16(27-17(13)15)19-22-23-20(28-19)21-18(24)12-7-9-14(25-2)10-8-12/h4-11H,3H2,1-2H3,(H,21,23,24). The Morgan fingerprint density at radius 3 is 2.68 bits per heavy atom. The second kappa shape index (κ2) is 7.43. The van der Waals surface area contributed by atoms with Crippen molar-refractivity contribution in [2.45, 2.75) is 6.92 Å². The maximum absolute atomic E-state index is 12.3. The number of amides is 1. The summed E-state index contributed by atoms with van der Waals surface area (Å²) in [6.45, 7) is 2.43. The number of ether oxygens (including phenoxy) is 2. The number of anilines is 1. The predicted molar refractivity (Wildman–Crippen MR) is 102 cm³/mol. The molecule has 0 radical (unpaired) electrons. The highest BCUT2D eigenvalue weighted by molar-refractivity contribution is 6.03. The predicted octanol–water partition coefficient (Wildman–Crippen LogP) is 4.14. The van der Waals surface area contributed by atoms with E-state index in [9.17, 15) is 4.79 Å². The average molecular weight is 379 g/mol. The maximum atomic E-state index is 12.3. The number of carbonyl (C=O) groups is 1. The molecule has 1 N–H and O–H groups in total. The summed E-state index contributed by atoms with van der Waals surface area (Å²) in [7, 11) is 1.56. The molecule has 0 bridgehead atoms. The minimum absolute atomic E-state index is 0.0266. The van der Waals surface area contributed by atoms with E-state index < -0.39 is 0 Å². The fraction of sp³-hybridized carbons (Fsp3) is 0.150. The summed E-state index contributed by atoms with van der Waals surface area (Å²) >= 11 is 0. The van der Waals surface area contributed by atoms with E-state index in [1.807, 2.05) is 25.1 Å². The van der Waals surface area contributed by atoms with Gasteiger partial charge in [-0.05, 0) is 43.3 Å². The fourth-order valence-electron chi connectivity index (χ4n) is 2.70. The summed E-state index contributed by atoms with van der Waals surface area (Å²) in [4.78, 5) is 12.3. The van der Waals surface area contributed by atoms with Gasteiger partial charge in [0.2, 0.25) is 0 Å². The van der Waals surface area contributed by atoms with Crippen molar-refractivity contribution in [1.82, 2.24) is 10.2 Å². The minimum Gasteiger partial charge on any atom is -0.497 e. The Hall–Kier alpha value is -3.81. The number of carbonyl (C=O) groups excluding carboxylic acids is 1. The summed E-state index contributed by atoms with van der Waals surface area (Å²) in [5.41, 5.74) is 1.03. The molecule has 8 nitrogen and oxygen atoms in total. The Morgan fingerprint density at radius 1 is 1.11 bits per heavy atom. The van der Waals surface area contributed by atoms with Gasteiger partial charge in [-0.25, -0.2) is 0 Å². The van der Waals surface area contributed by atoms with Crippen molar-refractivity contribution in [3.8, 4) is 23.1 Å². The van der Waals surface area contributed by atoms with Crippen LogP contribution in [0.15, 0.2) is 57.4 Å². The lowest BCUT2D eigenvalue weighted by Gasteiger charge is -2.02. The highest BCUT2D eigenvalue weighted by Crippen LogP contribution is 2.33. The van der Waals surface area contributed by atoms with Crippen LogP contribution in [0.1, 0.15) is 17.3 Å². The van der Waals surface area contributed by atoms with E-state index >= 15 is 0 Å². The molecule has 2 aromatic carbocycles. The summed E-state index contributed by atoms with van der Waals surface area (Å²) in [5, 5.41) is 11.2. The van der Waals surface area contributed by atoms with Crippen LogP contribution in [0.3, 0.4) is 0 Å². The number of para-hydroxylation sites is 1. The van der Waals surface area contributed by atoms with Gasteiger partial charge < -0.3 is 18.3 Å². The molecule has 1 amide bonds. The molecule has 0 aliphatic carbocycles. The van der Waals surface area contributed by atoms with Gasteiger partial charge in [-0.2, -0.15) is 0 Å². The van der Waals surface area contributed by atoms with E-state index in [1.165, 1.54) is 0 Å². The largest absolute Gasteiger partial charge is 0.497 e. The zero-order valence-electron chi connectivity index (χ0n) is 15.3. The van der Waals surface area contributed by atoms with Crippen LogP contribution in [0.25, 0.3) is 22.6 Å². The summed E-state index contributed by atoms with van der Waals surface area (Å²) in [6.07, 6.45) is 0. The number of nitrogens with zero attached hydrogens (tertiary/aromatic N) is 2. The van der Waals surface area contributed by atoms with Crippen LogP contribution in [-0.4, -0.2) is 29.8 Å². The van der Waals surface area contributed by atoms with Crippen LogP contribution >= 0.6 is 0 Å². The number of aromatic nitrogens is 2. The molecule has 4 rings (SSSR count). The minimum atomic E-state index is -0.374. The second-order valence-electron chi connectivity index (χ2n) is 5.81.